The smallest absolute Gasteiger partial charge is 0.0983 e. The summed E-state index contributed by atoms with van der Waals surface area (Å²) in [5, 5.41) is 7.34. The third-order valence-corrected chi connectivity index (χ3v) is 1.88. The summed E-state index contributed by atoms with van der Waals surface area (Å²) in [6.45, 7) is 2.84. The summed E-state index contributed by atoms with van der Waals surface area (Å²) in [5.74, 6) is 1.12. The van der Waals surface area contributed by atoms with Crippen molar-refractivity contribution in [3.8, 4) is 0 Å². The first-order valence-electron chi connectivity index (χ1n) is 4.20. The van der Waals surface area contributed by atoms with Gasteiger partial charge in [-0.3, -0.25) is 9.67 Å². The molecule has 0 saturated heterocycles. The van der Waals surface area contributed by atoms with Gasteiger partial charge < -0.3 is 5.32 Å². The van der Waals surface area contributed by atoms with Gasteiger partial charge in [0.05, 0.1) is 12.4 Å². The Kier molecular flexibility index (Phi) is 2.07. The molecule has 4 nitrogen and oxygen atoms in total. The van der Waals surface area contributed by atoms with E-state index in [1.54, 1.807) is 6.20 Å². The SMILES string of the molecule is c1cnn(CCC2=NCCN2)c1. The summed E-state index contributed by atoms with van der Waals surface area (Å²) in [5.41, 5.74) is 0. The molecule has 0 spiro atoms. The summed E-state index contributed by atoms with van der Waals surface area (Å²) in [7, 11) is 0. The van der Waals surface area contributed by atoms with Gasteiger partial charge in [0.1, 0.15) is 0 Å². The lowest BCUT2D eigenvalue weighted by Crippen LogP contribution is -2.20. The molecule has 0 atom stereocenters. The van der Waals surface area contributed by atoms with Crippen LogP contribution in [0.5, 0.6) is 0 Å². The monoisotopic (exact) mass is 164 g/mol. The van der Waals surface area contributed by atoms with E-state index < -0.39 is 0 Å². The van der Waals surface area contributed by atoms with Crippen LogP contribution in [0, 0.1) is 0 Å². The molecule has 1 aromatic rings. The van der Waals surface area contributed by atoms with Crippen LogP contribution in [0.25, 0.3) is 0 Å². The summed E-state index contributed by atoms with van der Waals surface area (Å²) >= 11 is 0. The minimum absolute atomic E-state index is 0.916. The topological polar surface area (TPSA) is 42.2 Å². The van der Waals surface area contributed by atoms with Crippen LogP contribution in [0.1, 0.15) is 6.42 Å². The normalized spacial score (nSPS) is 15.8. The zero-order chi connectivity index (χ0) is 8.23. The van der Waals surface area contributed by atoms with Gasteiger partial charge in [0.25, 0.3) is 0 Å². The van der Waals surface area contributed by atoms with E-state index in [-0.39, 0.29) is 0 Å². The fourth-order valence-electron chi connectivity index (χ4n) is 1.27. The predicted molar refractivity (Wildman–Crippen MR) is 47.1 cm³/mol. The Labute approximate surface area is 71.3 Å². The molecule has 0 unspecified atom stereocenters. The quantitative estimate of drug-likeness (QED) is 0.697. The van der Waals surface area contributed by atoms with Crippen LogP contribution in [-0.4, -0.2) is 28.7 Å². The second-order valence-corrected chi connectivity index (χ2v) is 2.77. The Morgan fingerprint density at radius 2 is 2.58 bits per heavy atom. The van der Waals surface area contributed by atoms with Crippen molar-refractivity contribution in [3.05, 3.63) is 18.5 Å². The first-order valence-corrected chi connectivity index (χ1v) is 4.20. The largest absolute Gasteiger partial charge is 0.372 e. The number of amidine groups is 1. The number of hydrogen-bond donors (Lipinski definition) is 1. The van der Waals surface area contributed by atoms with Gasteiger partial charge in [-0.2, -0.15) is 5.10 Å². The van der Waals surface area contributed by atoms with Gasteiger partial charge in [-0.15, -0.1) is 0 Å². The Bertz CT molecular complexity index is 263. The van der Waals surface area contributed by atoms with E-state index >= 15 is 0 Å². The second kappa shape index (κ2) is 3.38. The van der Waals surface area contributed by atoms with Gasteiger partial charge in [0.15, 0.2) is 0 Å². The van der Waals surface area contributed by atoms with E-state index in [4.69, 9.17) is 0 Å². The van der Waals surface area contributed by atoms with Crippen molar-refractivity contribution in [2.45, 2.75) is 13.0 Å². The third kappa shape index (κ3) is 1.64. The van der Waals surface area contributed by atoms with Gasteiger partial charge in [-0.05, 0) is 6.07 Å². The molecule has 0 fully saturated rings. The molecule has 2 rings (SSSR count). The molecule has 12 heavy (non-hydrogen) atoms. The summed E-state index contributed by atoms with van der Waals surface area (Å²) in [6, 6.07) is 1.93. The van der Waals surface area contributed by atoms with Crippen molar-refractivity contribution in [3.63, 3.8) is 0 Å². The maximum absolute atomic E-state index is 4.30. The molecule has 1 N–H and O–H groups in total. The zero-order valence-corrected chi connectivity index (χ0v) is 6.90. The van der Waals surface area contributed by atoms with Gasteiger partial charge in [-0.1, -0.05) is 0 Å². The van der Waals surface area contributed by atoms with Gasteiger partial charge in [0.2, 0.25) is 0 Å². The molecule has 0 radical (unpaired) electrons. The minimum atomic E-state index is 0.916. The number of hydrogen-bond acceptors (Lipinski definition) is 3. The highest BCUT2D eigenvalue weighted by Gasteiger charge is 2.03. The highest BCUT2D eigenvalue weighted by atomic mass is 15.3. The van der Waals surface area contributed by atoms with E-state index in [0.29, 0.717) is 0 Å². The number of aryl methyl sites for hydroxylation is 1. The highest BCUT2D eigenvalue weighted by molar-refractivity contribution is 5.83. The van der Waals surface area contributed by atoms with Crippen LogP contribution in [0.4, 0.5) is 0 Å². The Hall–Kier alpha value is -1.32. The minimum Gasteiger partial charge on any atom is -0.372 e. The molecule has 1 aromatic heterocycles. The zero-order valence-electron chi connectivity index (χ0n) is 6.90. The van der Waals surface area contributed by atoms with E-state index in [0.717, 1.165) is 31.9 Å². The number of aromatic nitrogens is 2. The van der Waals surface area contributed by atoms with Crippen molar-refractivity contribution < 1.29 is 0 Å². The van der Waals surface area contributed by atoms with E-state index in [1.807, 2.05) is 16.9 Å². The number of nitrogens with one attached hydrogen (secondary N) is 1. The van der Waals surface area contributed by atoms with Gasteiger partial charge in [-0.25, -0.2) is 0 Å². The van der Waals surface area contributed by atoms with Crippen LogP contribution >= 0.6 is 0 Å². The molecule has 0 aliphatic carbocycles. The van der Waals surface area contributed by atoms with E-state index in [9.17, 15) is 0 Å². The second-order valence-electron chi connectivity index (χ2n) is 2.77. The van der Waals surface area contributed by atoms with Crippen molar-refractivity contribution in [2.24, 2.45) is 4.99 Å². The molecule has 1 aliphatic heterocycles. The molecule has 2 heterocycles. The standard InChI is InChI=1S/C8H12N4/c1-3-11-12(6-1)7-2-8-9-4-5-10-8/h1,3,6H,2,4-5,7H2,(H,9,10). The van der Waals surface area contributed by atoms with Crippen LogP contribution in [0.15, 0.2) is 23.5 Å². The van der Waals surface area contributed by atoms with E-state index in [2.05, 4.69) is 15.4 Å². The third-order valence-electron chi connectivity index (χ3n) is 1.88. The average molecular weight is 164 g/mol. The molecule has 64 valence electrons. The van der Waals surface area contributed by atoms with Crippen LogP contribution < -0.4 is 5.32 Å². The first-order chi connectivity index (χ1) is 5.95. The van der Waals surface area contributed by atoms with Crippen molar-refractivity contribution in [2.75, 3.05) is 13.1 Å². The molecule has 1 aliphatic rings. The number of aliphatic imine (C=N–C) groups is 1. The summed E-state index contributed by atoms with van der Waals surface area (Å²) < 4.78 is 1.92. The molecule has 0 saturated carbocycles. The fraction of sp³-hybridized carbons (Fsp3) is 0.500. The number of rotatable bonds is 3. The molecule has 0 aromatic carbocycles. The molecular weight excluding hydrogens is 152 g/mol. The van der Waals surface area contributed by atoms with Crippen LogP contribution in [0.3, 0.4) is 0 Å². The predicted octanol–water partition coefficient (Wildman–Crippen LogP) is 0.275. The van der Waals surface area contributed by atoms with Gasteiger partial charge in [0, 0.05) is 31.9 Å². The Morgan fingerprint density at radius 1 is 1.58 bits per heavy atom. The molecule has 0 amide bonds. The number of nitrogens with zero attached hydrogens (tertiary/aromatic N) is 3. The molecular formula is C8H12N4. The maximum Gasteiger partial charge on any atom is 0.0983 e. The average Bonchev–Trinajstić information content (AvgIpc) is 2.74. The lowest BCUT2D eigenvalue weighted by Gasteiger charge is -2.01. The Morgan fingerprint density at radius 3 is 3.25 bits per heavy atom. The summed E-state index contributed by atoms with van der Waals surface area (Å²) in [6.07, 6.45) is 4.72. The summed E-state index contributed by atoms with van der Waals surface area (Å²) in [4.78, 5) is 4.30. The van der Waals surface area contributed by atoms with Crippen molar-refractivity contribution >= 4 is 5.84 Å². The van der Waals surface area contributed by atoms with Crippen molar-refractivity contribution in [1.29, 1.82) is 0 Å². The fourth-order valence-corrected chi connectivity index (χ4v) is 1.27. The first kappa shape index (κ1) is 7.34. The lowest BCUT2D eigenvalue weighted by atomic mass is 10.4. The lowest BCUT2D eigenvalue weighted by molar-refractivity contribution is 0.630. The maximum atomic E-state index is 4.30. The van der Waals surface area contributed by atoms with Crippen LogP contribution in [-0.2, 0) is 6.54 Å². The molecule has 4 heteroatoms. The van der Waals surface area contributed by atoms with E-state index in [1.165, 1.54) is 0 Å². The van der Waals surface area contributed by atoms with Gasteiger partial charge >= 0.3 is 0 Å². The highest BCUT2D eigenvalue weighted by Crippen LogP contribution is 1.94. The van der Waals surface area contributed by atoms with Crippen molar-refractivity contribution in [1.82, 2.24) is 15.1 Å². The Balaban J connectivity index is 1.82. The molecule has 0 bridgehead atoms. The van der Waals surface area contributed by atoms with Crippen LogP contribution in [0.2, 0.25) is 0 Å².